The topological polar surface area (TPSA) is 29.5 Å². The van der Waals surface area contributed by atoms with Crippen LogP contribution >= 0.6 is 11.3 Å². The number of hydrogen-bond acceptors (Lipinski definition) is 3. The van der Waals surface area contributed by atoms with Gasteiger partial charge in [-0.05, 0) is 52.6 Å². The maximum atomic E-state index is 12.2. The Morgan fingerprint density at radius 1 is 1.00 bits per heavy atom. The molecule has 128 valence electrons. The summed E-state index contributed by atoms with van der Waals surface area (Å²) in [4.78, 5) is 13.9. The highest BCUT2D eigenvalue weighted by Crippen LogP contribution is 2.22. The van der Waals surface area contributed by atoms with Gasteiger partial charge in [0.1, 0.15) is 5.75 Å². The van der Waals surface area contributed by atoms with Crippen molar-refractivity contribution in [3.63, 3.8) is 0 Å². The number of hydrogen-bond donors (Lipinski definition) is 0. The van der Waals surface area contributed by atoms with Gasteiger partial charge in [-0.3, -0.25) is 4.79 Å². The lowest BCUT2D eigenvalue weighted by Gasteiger charge is -2.17. The summed E-state index contributed by atoms with van der Waals surface area (Å²) < 4.78 is 5.63. The van der Waals surface area contributed by atoms with Crippen LogP contribution in [0.25, 0.3) is 11.1 Å². The second-order valence-corrected chi connectivity index (χ2v) is 6.84. The van der Waals surface area contributed by atoms with Gasteiger partial charge in [0.15, 0.2) is 6.61 Å². The van der Waals surface area contributed by atoms with Crippen molar-refractivity contribution in [1.82, 2.24) is 4.90 Å². The Labute approximate surface area is 152 Å². The van der Waals surface area contributed by atoms with Crippen LogP contribution in [0.5, 0.6) is 5.75 Å². The normalized spacial score (nSPS) is 10.5. The van der Waals surface area contributed by atoms with Gasteiger partial charge < -0.3 is 9.64 Å². The highest BCUT2D eigenvalue weighted by molar-refractivity contribution is 7.07. The summed E-state index contributed by atoms with van der Waals surface area (Å²) in [6.45, 7) is 2.73. The number of amides is 1. The van der Waals surface area contributed by atoms with Crippen LogP contribution in [0, 0.1) is 6.92 Å². The molecule has 0 atom stereocenters. The van der Waals surface area contributed by atoms with E-state index in [4.69, 9.17) is 4.74 Å². The molecule has 2 aromatic carbocycles. The van der Waals surface area contributed by atoms with Crippen molar-refractivity contribution in [3.8, 4) is 16.9 Å². The lowest BCUT2D eigenvalue weighted by molar-refractivity contribution is -0.132. The Bertz CT molecular complexity index is 808. The summed E-state index contributed by atoms with van der Waals surface area (Å²) in [7, 11) is 1.80. The van der Waals surface area contributed by atoms with Gasteiger partial charge in [0.05, 0.1) is 0 Å². The number of carbonyl (C=O) groups excluding carboxylic acids is 1. The molecule has 0 fully saturated rings. The van der Waals surface area contributed by atoms with Gasteiger partial charge in [-0.2, -0.15) is 11.3 Å². The van der Waals surface area contributed by atoms with E-state index in [0.717, 1.165) is 11.1 Å². The van der Waals surface area contributed by atoms with Crippen LogP contribution in [-0.4, -0.2) is 24.5 Å². The van der Waals surface area contributed by atoms with Crippen LogP contribution in [0.2, 0.25) is 0 Å². The van der Waals surface area contributed by atoms with Gasteiger partial charge in [0, 0.05) is 13.6 Å². The van der Waals surface area contributed by atoms with E-state index in [1.165, 1.54) is 11.1 Å². The van der Waals surface area contributed by atoms with Gasteiger partial charge in [-0.25, -0.2) is 0 Å². The van der Waals surface area contributed by atoms with E-state index >= 15 is 0 Å². The second-order valence-electron chi connectivity index (χ2n) is 6.06. The number of aryl methyl sites for hydroxylation is 1. The molecule has 0 bridgehead atoms. The monoisotopic (exact) mass is 351 g/mol. The van der Waals surface area contributed by atoms with Crippen molar-refractivity contribution in [2.45, 2.75) is 13.5 Å². The maximum Gasteiger partial charge on any atom is 0.260 e. The molecule has 3 rings (SSSR count). The fourth-order valence-corrected chi connectivity index (χ4v) is 3.15. The standard InChI is InChI=1S/C21H21NO2S/c1-16-3-5-18(6-4-16)19-7-9-20(10-8-19)24-14-21(23)22(2)13-17-11-12-25-15-17/h3-12,15H,13-14H2,1-2H3. The average molecular weight is 351 g/mol. The molecule has 0 spiro atoms. The van der Waals surface area contributed by atoms with Crippen LogP contribution in [0.15, 0.2) is 65.4 Å². The van der Waals surface area contributed by atoms with Crippen LogP contribution in [0.1, 0.15) is 11.1 Å². The van der Waals surface area contributed by atoms with Crippen molar-refractivity contribution < 1.29 is 9.53 Å². The van der Waals surface area contributed by atoms with E-state index in [1.807, 2.05) is 35.7 Å². The third kappa shape index (κ3) is 4.70. The number of carbonyl (C=O) groups is 1. The summed E-state index contributed by atoms with van der Waals surface area (Å²) in [6.07, 6.45) is 0. The van der Waals surface area contributed by atoms with E-state index in [9.17, 15) is 4.79 Å². The number of thiophene rings is 1. The summed E-state index contributed by atoms with van der Waals surface area (Å²) >= 11 is 1.63. The first-order valence-corrected chi connectivity index (χ1v) is 9.11. The highest BCUT2D eigenvalue weighted by Gasteiger charge is 2.10. The molecule has 0 aliphatic rings. The zero-order valence-corrected chi connectivity index (χ0v) is 15.3. The number of rotatable bonds is 6. The Morgan fingerprint density at radius 2 is 1.64 bits per heavy atom. The molecule has 0 aliphatic heterocycles. The van der Waals surface area contributed by atoms with Gasteiger partial charge in [-0.15, -0.1) is 0 Å². The third-order valence-electron chi connectivity index (χ3n) is 4.03. The Kier molecular flexibility index (Phi) is 5.51. The molecule has 3 aromatic rings. The molecule has 1 aromatic heterocycles. The minimum Gasteiger partial charge on any atom is -0.484 e. The van der Waals surface area contributed by atoms with Crippen molar-refractivity contribution >= 4 is 17.2 Å². The van der Waals surface area contributed by atoms with Gasteiger partial charge in [0.2, 0.25) is 0 Å². The van der Waals surface area contributed by atoms with E-state index < -0.39 is 0 Å². The molecule has 0 aliphatic carbocycles. The fraction of sp³-hybridized carbons (Fsp3) is 0.190. The van der Waals surface area contributed by atoms with Crippen molar-refractivity contribution in [2.75, 3.05) is 13.7 Å². The molecule has 0 N–H and O–H groups in total. The zero-order valence-electron chi connectivity index (χ0n) is 14.4. The summed E-state index contributed by atoms with van der Waals surface area (Å²) in [5, 5.41) is 4.06. The molecule has 4 heteroatoms. The summed E-state index contributed by atoms with van der Waals surface area (Å²) in [5.74, 6) is 0.668. The SMILES string of the molecule is Cc1ccc(-c2ccc(OCC(=O)N(C)Cc3ccsc3)cc2)cc1. The summed E-state index contributed by atoms with van der Waals surface area (Å²) in [5.41, 5.74) is 4.69. The lowest BCUT2D eigenvalue weighted by atomic mass is 10.0. The van der Waals surface area contributed by atoms with E-state index in [0.29, 0.717) is 12.3 Å². The minimum absolute atomic E-state index is 0.0335. The third-order valence-corrected chi connectivity index (χ3v) is 4.76. The number of nitrogens with zero attached hydrogens (tertiary/aromatic N) is 1. The number of benzene rings is 2. The first-order valence-electron chi connectivity index (χ1n) is 8.17. The zero-order chi connectivity index (χ0) is 17.6. The average Bonchev–Trinajstić information content (AvgIpc) is 3.14. The van der Waals surface area contributed by atoms with Crippen molar-refractivity contribution in [3.05, 3.63) is 76.5 Å². The number of ether oxygens (including phenoxy) is 1. The molecule has 25 heavy (non-hydrogen) atoms. The Balaban J connectivity index is 1.54. The molecule has 1 amide bonds. The minimum atomic E-state index is -0.0335. The second kappa shape index (κ2) is 7.99. The van der Waals surface area contributed by atoms with E-state index in [2.05, 4.69) is 36.6 Å². The van der Waals surface area contributed by atoms with Crippen LogP contribution < -0.4 is 4.74 Å². The molecular formula is C21H21NO2S. The van der Waals surface area contributed by atoms with Gasteiger partial charge in [0.25, 0.3) is 5.91 Å². The fourth-order valence-electron chi connectivity index (χ4n) is 2.49. The molecule has 1 heterocycles. The first kappa shape index (κ1) is 17.2. The van der Waals surface area contributed by atoms with E-state index in [1.54, 1.807) is 23.3 Å². The predicted octanol–water partition coefficient (Wildman–Crippen LogP) is 4.76. The molecule has 3 nitrogen and oxygen atoms in total. The lowest BCUT2D eigenvalue weighted by Crippen LogP contribution is -2.30. The van der Waals surface area contributed by atoms with Crippen molar-refractivity contribution in [2.24, 2.45) is 0 Å². The summed E-state index contributed by atoms with van der Waals surface area (Å²) in [6, 6.07) is 18.3. The smallest absolute Gasteiger partial charge is 0.260 e. The molecular weight excluding hydrogens is 330 g/mol. The molecule has 0 saturated carbocycles. The van der Waals surface area contributed by atoms with Crippen LogP contribution in [0.4, 0.5) is 0 Å². The maximum absolute atomic E-state index is 12.2. The Hall–Kier alpha value is -2.59. The molecule has 0 radical (unpaired) electrons. The first-order chi connectivity index (χ1) is 12.1. The van der Waals surface area contributed by atoms with E-state index in [-0.39, 0.29) is 12.5 Å². The number of likely N-dealkylation sites (N-methyl/N-ethyl adjacent to an activating group) is 1. The molecule has 0 saturated heterocycles. The quantitative estimate of drug-likeness (QED) is 0.641. The van der Waals surface area contributed by atoms with Crippen LogP contribution in [0.3, 0.4) is 0 Å². The van der Waals surface area contributed by atoms with Crippen LogP contribution in [-0.2, 0) is 11.3 Å². The predicted molar refractivity (Wildman–Crippen MR) is 103 cm³/mol. The highest BCUT2D eigenvalue weighted by atomic mass is 32.1. The van der Waals surface area contributed by atoms with Gasteiger partial charge >= 0.3 is 0 Å². The Morgan fingerprint density at radius 3 is 2.24 bits per heavy atom. The van der Waals surface area contributed by atoms with Gasteiger partial charge in [-0.1, -0.05) is 42.0 Å². The van der Waals surface area contributed by atoms with Crippen molar-refractivity contribution in [1.29, 1.82) is 0 Å². The largest absolute Gasteiger partial charge is 0.484 e. The molecule has 0 unspecified atom stereocenters.